The summed E-state index contributed by atoms with van der Waals surface area (Å²) in [6, 6.07) is 0. The number of rotatable bonds is 3. The van der Waals surface area contributed by atoms with Crippen LogP contribution < -0.4 is 0 Å². The molecule has 0 amide bonds. The summed E-state index contributed by atoms with van der Waals surface area (Å²) in [6.07, 6.45) is 7.84. The van der Waals surface area contributed by atoms with Crippen LogP contribution in [0.5, 0.6) is 0 Å². The Kier molecular flexibility index (Phi) is 1.83. The molecule has 80 valence electrons. The van der Waals surface area contributed by atoms with Crippen molar-refractivity contribution < 1.29 is 0 Å². The largest absolute Gasteiger partial charge is 0.0625 e. The SMILES string of the molecule is CC(C)C1CC2(C(C)C3CC3)CC1C2. The van der Waals surface area contributed by atoms with Crippen LogP contribution in [-0.2, 0) is 0 Å². The second-order valence-electron chi connectivity index (χ2n) is 6.77. The molecular formula is C14H24. The van der Waals surface area contributed by atoms with Crippen molar-refractivity contribution in [1.82, 2.24) is 0 Å². The van der Waals surface area contributed by atoms with Crippen LogP contribution in [0.2, 0.25) is 0 Å². The molecule has 4 aliphatic rings. The van der Waals surface area contributed by atoms with Gasteiger partial charge in [-0.25, -0.2) is 0 Å². The van der Waals surface area contributed by atoms with Crippen molar-refractivity contribution in [3.8, 4) is 0 Å². The Balaban J connectivity index is 1.71. The maximum absolute atomic E-state index is 2.55. The minimum Gasteiger partial charge on any atom is -0.0625 e. The van der Waals surface area contributed by atoms with Crippen LogP contribution >= 0.6 is 0 Å². The highest BCUT2D eigenvalue weighted by molar-refractivity contribution is 5.09. The highest BCUT2D eigenvalue weighted by atomic mass is 14.6. The lowest BCUT2D eigenvalue weighted by Gasteiger charge is -2.44. The van der Waals surface area contributed by atoms with Crippen LogP contribution in [0.25, 0.3) is 0 Å². The summed E-state index contributed by atoms with van der Waals surface area (Å²) in [5.74, 6) is 5.33. The molecule has 4 saturated carbocycles. The van der Waals surface area contributed by atoms with E-state index in [0.717, 1.165) is 35.0 Å². The van der Waals surface area contributed by atoms with Crippen LogP contribution in [0.4, 0.5) is 0 Å². The summed E-state index contributed by atoms with van der Waals surface area (Å²) in [7, 11) is 0. The van der Waals surface area contributed by atoms with Gasteiger partial charge in [0.15, 0.2) is 0 Å². The second-order valence-corrected chi connectivity index (χ2v) is 6.77. The Morgan fingerprint density at radius 3 is 2.07 bits per heavy atom. The van der Waals surface area contributed by atoms with E-state index >= 15 is 0 Å². The Hall–Kier alpha value is 0. The maximum atomic E-state index is 2.55. The highest BCUT2D eigenvalue weighted by Crippen LogP contribution is 2.69. The van der Waals surface area contributed by atoms with Gasteiger partial charge >= 0.3 is 0 Å². The molecule has 0 radical (unpaired) electrons. The van der Waals surface area contributed by atoms with Crippen molar-refractivity contribution >= 4 is 0 Å². The highest BCUT2D eigenvalue weighted by Gasteiger charge is 2.60. The molecule has 0 aliphatic heterocycles. The van der Waals surface area contributed by atoms with Crippen molar-refractivity contribution in [2.75, 3.05) is 0 Å². The van der Waals surface area contributed by atoms with Gasteiger partial charge in [0, 0.05) is 0 Å². The van der Waals surface area contributed by atoms with E-state index < -0.39 is 0 Å². The van der Waals surface area contributed by atoms with Crippen LogP contribution in [0.3, 0.4) is 0 Å². The maximum Gasteiger partial charge on any atom is -0.0261 e. The van der Waals surface area contributed by atoms with Gasteiger partial charge in [-0.1, -0.05) is 20.8 Å². The molecule has 0 aromatic carbocycles. The van der Waals surface area contributed by atoms with E-state index in [0.29, 0.717) is 0 Å². The van der Waals surface area contributed by atoms with Crippen LogP contribution in [0, 0.1) is 35.0 Å². The monoisotopic (exact) mass is 192 g/mol. The van der Waals surface area contributed by atoms with Gasteiger partial charge in [-0.15, -0.1) is 0 Å². The zero-order valence-corrected chi connectivity index (χ0v) is 9.92. The average Bonchev–Trinajstić information content (AvgIpc) is 2.74. The van der Waals surface area contributed by atoms with Gasteiger partial charge in [0.05, 0.1) is 0 Å². The van der Waals surface area contributed by atoms with Crippen molar-refractivity contribution in [3.05, 3.63) is 0 Å². The first kappa shape index (κ1) is 9.24. The van der Waals surface area contributed by atoms with E-state index in [-0.39, 0.29) is 0 Å². The summed E-state index contributed by atoms with van der Waals surface area (Å²) >= 11 is 0. The van der Waals surface area contributed by atoms with E-state index in [1.165, 1.54) is 0 Å². The molecule has 2 unspecified atom stereocenters. The third kappa shape index (κ3) is 1.12. The van der Waals surface area contributed by atoms with Crippen molar-refractivity contribution in [3.63, 3.8) is 0 Å². The Labute approximate surface area is 88.5 Å². The second kappa shape index (κ2) is 2.77. The first-order chi connectivity index (χ1) is 6.62. The molecular weight excluding hydrogens is 168 g/mol. The lowest BCUT2D eigenvalue weighted by Crippen LogP contribution is -2.35. The van der Waals surface area contributed by atoms with Gasteiger partial charge in [0.1, 0.15) is 0 Å². The number of hydrogen-bond donors (Lipinski definition) is 0. The van der Waals surface area contributed by atoms with E-state index in [2.05, 4.69) is 20.8 Å². The first-order valence-corrected chi connectivity index (χ1v) is 6.62. The molecule has 2 bridgehead atoms. The van der Waals surface area contributed by atoms with E-state index in [1.54, 1.807) is 32.1 Å². The molecule has 0 heteroatoms. The molecule has 0 aromatic rings. The molecule has 0 N–H and O–H groups in total. The minimum atomic E-state index is 0.834. The van der Waals surface area contributed by atoms with Crippen LogP contribution in [-0.4, -0.2) is 0 Å². The first-order valence-electron chi connectivity index (χ1n) is 6.62. The van der Waals surface area contributed by atoms with Gasteiger partial charge in [0.25, 0.3) is 0 Å². The Bertz CT molecular complexity index is 230. The van der Waals surface area contributed by atoms with Crippen molar-refractivity contribution in [1.29, 1.82) is 0 Å². The third-order valence-electron chi connectivity index (χ3n) is 5.74. The lowest BCUT2D eigenvalue weighted by atomic mass is 9.61. The molecule has 2 atom stereocenters. The summed E-state index contributed by atoms with van der Waals surface area (Å²) in [6.45, 7) is 7.41. The molecule has 0 nitrogen and oxygen atoms in total. The topological polar surface area (TPSA) is 0 Å². The van der Waals surface area contributed by atoms with Crippen molar-refractivity contribution in [2.45, 2.75) is 52.9 Å². The van der Waals surface area contributed by atoms with Gasteiger partial charge in [-0.3, -0.25) is 0 Å². The fourth-order valence-corrected chi connectivity index (χ4v) is 4.52. The Morgan fingerprint density at radius 1 is 1.00 bits per heavy atom. The summed E-state index contributed by atoms with van der Waals surface area (Å²) in [5, 5.41) is 0. The summed E-state index contributed by atoms with van der Waals surface area (Å²) in [4.78, 5) is 0. The molecule has 0 saturated heterocycles. The average molecular weight is 192 g/mol. The molecule has 14 heavy (non-hydrogen) atoms. The standard InChI is InChI=1S/C14H24/c1-9(2)13-8-14(6-12(13)7-14)10(3)11-4-5-11/h9-13H,4-8H2,1-3H3. The van der Waals surface area contributed by atoms with Crippen molar-refractivity contribution in [2.24, 2.45) is 35.0 Å². The van der Waals surface area contributed by atoms with Crippen LogP contribution in [0.1, 0.15) is 52.9 Å². The third-order valence-corrected chi connectivity index (χ3v) is 5.74. The van der Waals surface area contributed by atoms with Gasteiger partial charge < -0.3 is 0 Å². The predicted molar refractivity (Wildman–Crippen MR) is 60.0 cm³/mol. The zero-order chi connectivity index (χ0) is 9.92. The normalized spacial score (nSPS) is 48.0. The molecule has 0 spiro atoms. The fourth-order valence-electron chi connectivity index (χ4n) is 4.52. The summed E-state index contributed by atoms with van der Waals surface area (Å²) in [5.41, 5.74) is 0.834. The Morgan fingerprint density at radius 2 is 1.64 bits per heavy atom. The zero-order valence-electron chi connectivity index (χ0n) is 9.92. The lowest BCUT2D eigenvalue weighted by molar-refractivity contribution is 0.0559. The minimum absolute atomic E-state index is 0.834. The number of hydrogen-bond acceptors (Lipinski definition) is 0. The van der Waals surface area contributed by atoms with Crippen LogP contribution in [0.15, 0.2) is 0 Å². The fraction of sp³-hybridized carbons (Fsp3) is 1.00. The molecule has 4 fully saturated rings. The molecule has 4 rings (SSSR count). The van der Waals surface area contributed by atoms with E-state index in [1.807, 2.05) is 0 Å². The summed E-state index contributed by atoms with van der Waals surface area (Å²) < 4.78 is 0. The van der Waals surface area contributed by atoms with Gasteiger partial charge in [-0.05, 0) is 67.1 Å². The molecule has 4 aliphatic carbocycles. The number of fused-ring (bicyclic) bond motifs is 1. The smallest absolute Gasteiger partial charge is 0.0261 e. The van der Waals surface area contributed by atoms with Gasteiger partial charge in [-0.2, -0.15) is 0 Å². The molecule has 0 aromatic heterocycles. The quantitative estimate of drug-likeness (QED) is 0.631. The molecule has 0 heterocycles. The van der Waals surface area contributed by atoms with Gasteiger partial charge in [0.2, 0.25) is 0 Å². The van der Waals surface area contributed by atoms with E-state index in [4.69, 9.17) is 0 Å². The predicted octanol–water partition coefficient (Wildman–Crippen LogP) is 4.10. The van der Waals surface area contributed by atoms with E-state index in [9.17, 15) is 0 Å².